The first-order valence-corrected chi connectivity index (χ1v) is 12.1. The van der Waals surface area contributed by atoms with Crippen molar-refractivity contribution in [3.8, 4) is 0 Å². The van der Waals surface area contributed by atoms with Gasteiger partial charge in [-0.15, -0.1) is 0 Å². The number of hydrogen-bond donors (Lipinski definition) is 3. The van der Waals surface area contributed by atoms with Gasteiger partial charge >= 0.3 is 0 Å². The molecule has 1 heterocycles. The summed E-state index contributed by atoms with van der Waals surface area (Å²) in [7, 11) is 0. The highest BCUT2D eigenvalue weighted by Gasteiger charge is 2.40. The molecule has 1 rings (SSSR count). The topological polar surface area (TPSA) is 79.2 Å². The third-order valence-electron chi connectivity index (χ3n) is 5.70. The molecule has 1 fully saturated rings. The Bertz CT molecular complexity index is 387. The first-order valence-electron chi connectivity index (χ1n) is 12.1. The molecule has 0 aliphatic carbocycles. The number of aliphatic hydroxyl groups excluding tert-OH is 3. The average Bonchev–Trinajstić information content (AvgIpc) is 3.10. The number of unbranched alkanes of at least 4 members (excludes halogenated alkanes) is 12. The van der Waals surface area contributed by atoms with Crippen molar-refractivity contribution in [2.75, 3.05) is 19.8 Å². The molecule has 0 aromatic rings. The highest BCUT2D eigenvalue weighted by Crippen LogP contribution is 2.21. The summed E-state index contributed by atoms with van der Waals surface area (Å²) in [5, 5.41) is 28.6. The first-order chi connectivity index (χ1) is 14.2. The second-order valence-corrected chi connectivity index (χ2v) is 8.39. The van der Waals surface area contributed by atoms with Crippen LogP contribution in [0.3, 0.4) is 0 Å². The fraction of sp³-hybridized carbons (Fsp3) is 0.917. The van der Waals surface area contributed by atoms with Crippen LogP contribution in [0, 0.1) is 0 Å². The molecule has 0 bridgehead atoms. The zero-order valence-electron chi connectivity index (χ0n) is 18.6. The van der Waals surface area contributed by atoms with Crippen LogP contribution in [0.1, 0.15) is 96.8 Å². The van der Waals surface area contributed by atoms with Crippen molar-refractivity contribution in [1.29, 1.82) is 0 Å². The van der Waals surface area contributed by atoms with Gasteiger partial charge in [0.15, 0.2) is 0 Å². The van der Waals surface area contributed by atoms with Gasteiger partial charge in [-0.1, -0.05) is 76.9 Å². The minimum Gasteiger partial charge on any atom is -0.394 e. The van der Waals surface area contributed by atoms with Gasteiger partial charge in [0.05, 0.1) is 13.2 Å². The van der Waals surface area contributed by atoms with Crippen LogP contribution in [-0.4, -0.2) is 59.6 Å². The summed E-state index contributed by atoms with van der Waals surface area (Å²) in [6.07, 6.45) is 19.6. The summed E-state index contributed by atoms with van der Waals surface area (Å²) >= 11 is 0. The second kappa shape index (κ2) is 18.3. The molecule has 5 heteroatoms. The quantitative estimate of drug-likeness (QED) is 0.214. The molecule has 3 N–H and O–H groups in total. The van der Waals surface area contributed by atoms with Crippen LogP contribution in [0.15, 0.2) is 12.2 Å². The molecule has 29 heavy (non-hydrogen) atoms. The van der Waals surface area contributed by atoms with E-state index in [0.717, 1.165) is 25.7 Å². The van der Waals surface area contributed by atoms with Crippen LogP contribution >= 0.6 is 0 Å². The van der Waals surface area contributed by atoms with Crippen molar-refractivity contribution < 1.29 is 24.8 Å². The smallest absolute Gasteiger partial charge is 0.114 e. The van der Waals surface area contributed by atoms with Gasteiger partial charge in [0.2, 0.25) is 0 Å². The Morgan fingerprint density at radius 1 is 0.897 bits per heavy atom. The van der Waals surface area contributed by atoms with Crippen LogP contribution < -0.4 is 0 Å². The SMILES string of the molecule is CCCCCCCCCCC/C=C/CCCCCO[C@@H]1[C@H]([C@H](O)CO)OC[C@@H]1O. The van der Waals surface area contributed by atoms with Crippen molar-refractivity contribution >= 4 is 0 Å². The van der Waals surface area contributed by atoms with Crippen LogP contribution in [-0.2, 0) is 9.47 Å². The molecule has 0 spiro atoms. The molecule has 1 saturated heterocycles. The molecule has 1 aliphatic rings. The van der Waals surface area contributed by atoms with E-state index in [4.69, 9.17) is 14.6 Å². The summed E-state index contributed by atoms with van der Waals surface area (Å²) in [4.78, 5) is 0. The lowest BCUT2D eigenvalue weighted by Crippen LogP contribution is -2.42. The van der Waals surface area contributed by atoms with Crippen molar-refractivity contribution in [1.82, 2.24) is 0 Å². The van der Waals surface area contributed by atoms with E-state index in [0.29, 0.717) is 6.61 Å². The number of allylic oxidation sites excluding steroid dienone is 2. The second-order valence-electron chi connectivity index (χ2n) is 8.39. The molecule has 0 aromatic carbocycles. The van der Waals surface area contributed by atoms with E-state index in [9.17, 15) is 10.2 Å². The van der Waals surface area contributed by atoms with Crippen LogP contribution in [0.25, 0.3) is 0 Å². The van der Waals surface area contributed by atoms with Crippen molar-refractivity contribution in [2.45, 2.75) is 121 Å². The normalized spacial score (nSPS) is 23.2. The minimum atomic E-state index is -1.01. The van der Waals surface area contributed by atoms with Gasteiger partial charge in [0.1, 0.15) is 24.4 Å². The molecule has 0 unspecified atom stereocenters. The van der Waals surface area contributed by atoms with Crippen molar-refractivity contribution in [3.63, 3.8) is 0 Å². The zero-order chi connectivity index (χ0) is 21.2. The average molecular weight is 415 g/mol. The fourth-order valence-corrected chi connectivity index (χ4v) is 3.83. The Labute approximate surface area is 178 Å². The Balaban J connectivity index is 1.88. The maximum absolute atomic E-state index is 9.89. The van der Waals surface area contributed by atoms with Crippen molar-refractivity contribution in [2.24, 2.45) is 0 Å². The number of rotatable bonds is 19. The maximum Gasteiger partial charge on any atom is 0.114 e. The lowest BCUT2D eigenvalue weighted by Gasteiger charge is -2.23. The number of hydrogen-bond acceptors (Lipinski definition) is 5. The first kappa shape index (κ1) is 26.6. The van der Waals surface area contributed by atoms with Crippen molar-refractivity contribution in [3.05, 3.63) is 12.2 Å². The van der Waals surface area contributed by atoms with E-state index in [-0.39, 0.29) is 13.2 Å². The summed E-state index contributed by atoms with van der Waals surface area (Å²) in [5.41, 5.74) is 0. The summed E-state index contributed by atoms with van der Waals surface area (Å²) in [5.74, 6) is 0. The van der Waals surface area contributed by atoms with E-state index in [1.165, 1.54) is 64.2 Å². The number of aliphatic hydroxyl groups is 3. The minimum absolute atomic E-state index is 0.149. The number of ether oxygens (including phenoxy) is 2. The summed E-state index contributed by atoms with van der Waals surface area (Å²) in [6.45, 7) is 2.57. The van der Waals surface area contributed by atoms with Gasteiger partial charge < -0.3 is 24.8 Å². The van der Waals surface area contributed by atoms with E-state index in [1.54, 1.807) is 0 Å². The summed E-state index contributed by atoms with van der Waals surface area (Å²) in [6, 6.07) is 0. The van der Waals surface area contributed by atoms with E-state index in [1.807, 2.05) is 0 Å². The largest absolute Gasteiger partial charge is 0.394 e. The van der Waals surface area contributed by atoms with Gasteiger partial charge in [0.25, 0.3) is 0 Å². The highest BCUT2D eigenvalue weighted by molar-refractivity contribution is 4.89. The highest BCUT2D eigenvalue weighted by atomic mass is 16.6. The lowest BCUT2D eigenvalue weighted by atomic mass is 10.1. The third-order valence-corrected chi connectivity index (χ3v) is 5.70. The van der Waals surface area contributed by atoms with Gasteiger partial charge in [-0.25, -0.2) is 0 Å². The molecular weight excluding hydrogens is 368 g/mol. The molecule has 1 aliphatic heterocycles. The van der Waals surface area contributed by atoms with E-state index < -0.39 is 24.4 Å². The van der Waals surface area contributed by atoms with Crippen LogP contribution in [0.2, 0.25) is 0 Å². The van der Waals surface area contributed by atoms with Crippen LogP contribution in [0.5, 0.6) is 0 Å². The molecule has 4 atom stereocenters. The zero-order valence-corrected chi connectivity index (χ0v) is 18.6. The predicted molar refractivity (Wildman–Crippen MR) is 118 cm³/mol. The third kappa shape index (κ3) is 12.7. The molecule has 0 saturated carbocycles. The molecule has 0 amide bonds. The molecule has 5 nitrogen and oxygen atoms in total. The summed E-state index contributed by atoms with van der Waals surface area (Å²) < 4.78 is 11.0. The van der Waals surface area contributed by atoms with Gasteiger partial charge in [0, 0.05) is 6.61 Å². The lowest BCUT2D eigenvalue weighted by molar-refractivity contribution is -0.0937. The van der Waals surface area contributed by atoms with E-state index >= 15 is 0 Å². The standard InChI is InChI=1S/C24H46O5/c1-2-3-4-5-6-7-8-9-10-11-12-13-14-15-16-17-18-28-24-22(27)20-29-23(24)21(26)19-25/h12-13,21-27H,2-11,14-20H2,1H3/b13-12+/t21-,22+,23+,24+/m1/s1. The fourth-order valence-electron chi connectivity index (χ4n) is 3.83. The van der Waals surface area contributed by atoms with Gasteiger partial charge in [-0.2, -0.15) is 0 Å². The predicted octanol–water partition coefficient (Wildman–Crippen LogP) is 4.52. The Morgan fingerprint density at radius 2 is 1.45 bits per heavy atom. The van der Waals surface area contributed by atoms with Gasteiger partial charge in [-0.05, 0) is 32.1 Å². The molecule has 0 aromatic heterocycles. The molecular formula is C24H46O5. The van der Waals surface area contributed by atoms with Gasteiger partial charge in [-0.3, -0.25) is 0 Å². The van der Waals surface area contributed by atoms with Crippen LogP contribution in [0.4, 0.5) is 0 Å². The monoisotopic (exact) mass is 414 g/mol. The molecule has 0 radical (unpaired) electrons. The molecule has 172 valence electrons. The Morgan fingerprint density at radius 3 is 2.03 bits per heavy atom. The Kier molecular flexibility index (Phi) is 16.8. The maximum atomic E-state index is 9.89. The Hall–Kier alpha value is -0.460. The van der Waals surface area contributed by atoms with E-state index in [2.05, 4.69) is 19.1 Å².